The summed E-state index contributed by atoms with van der Waals surface area (Å²) in [6.45, 7) is 2.41. The summed E-state index contributed by atoms with van der Waals surface area (Å²) < 4.78 is 22.1. The Morgan fingerprint density at radius 3 is 1.57 bits per heavy atom. The van der Waals surface area contributed by atoms with Gasteiger partial charge in [0.2, 0.25) is 11.8 Å². The van der Waals surface area contributed by atoms with E-state index in [-0.39, 0.29) is 25.3 Å². The molecule has 2 atom stereocenters. The predicted octanol–water partition coefficient (Wildman–Crippen LogP) is 4.79. The molecule has 0 spiro atoms. The van der Waals surface area contributed by atoms with Gasteiger partial charge in [-0.2, -0.15) is 0 Å². The Balaban J connectivity index is 0.995. The molecule has 44 heavy (non-hydrogen) atoms. The fourth-order valence-electron chi connectivity index (χ4n) is 4.68. The van der Waals surface area contributed by atoms with Crippen LogP contribution in [0.3, 0.4) is 0 Å². The topological polar surface area (TPSA) is 133 Å². The molecular formula is C33H37N5O6. The number of carbonyl (C=O) groups is 2. The lowest BCUT2D eigenvalue weighted by Crippen LogP contribution is -2.25. The summed E-state index contributed by atoms with van der Waals surface area (Å²) in [7, 11) is 0. The van der Waals surface area contributed by atoms with Gasteiger partial charge in [0.1, 0.15) is 37.8 Å². The number of nitrogens with one attached hydrogen (secondary N) is 2. The smallest absolute Gasteiger partial charge is 0.407 e. The molecule has 230 valence electrons. The maximum atomic E-state index is 11.9. The molecule has 3 heterocycles. The van der Waals surface area contributed by atoms with Crippen LogP contribution in [-0.4, -0.2) is 67.4 Å². The summed E-state index contributed by atoms with van der Waals surface area (Å²) in [4.78, 5) is 37.9. The van der Waals surface area contributed by atoms with E-state index in [4.69, 9.17) is 28.9 Å². The minimum atomic E-state index is -0.433. The molecule has 2 aliphatic rings. The molecule has 0 fully saturated rings. The molecule has 5 rings (SSSR count). The van der Waals surface area contributed by atoms with Crippen molar-refractivity contribution in [3.8, 4) is 0 Å². The monoisotopic (exact) mass is 599 g/mol. The molecule has 3 aromatic rings. The van der Waals surface area contributed by atoms with Crippen LogP contribution in [0.2, 0.25) is 0 Å². The molecule has 2 amide bonds. The number of hydrogen-bond donors (Lipinski definition) is 2. The summed E-state index contributed by atoms with van der Waals surface area (Å²) in [6, 6.07) is 24.7. The van der Waals surface area contributed by atoms with Crippen molar-refractivity contribution in [2.24, 2.45) is 9.98 Å². The van der Waals surface area contributed by atoms with E-state index in [9.17, 15) is 9.59 Å². The quantitative estimate of drug-likeness (QED) is 0.255. The Labute approximate surface area is 256 Å². The average molecular weight is 600 g/mol. The minimum absolute atomic E-state index is 0.00808. The van der Waals surface area contributed by atoms with Crippen LogP contribution in [0.1, 0.15) is 48.2 Å². The van der Waals surface area contributed by atoms with Crippen molar-refractivity contribution in [3.63, 3.8) is 0 Å². The maximum absolute atomic E-state index is 11.9. The van der Waals surface area contributed by atoms with Crippen LogP contribution in [0, 0.1) is 0 Å². The highest BCUT2D eigenvalue weighted by atomic mass is 16.6. The molecule has 2 N–H and O–H groups in total. The molecule has 0 saturated heterocycles. The number of benzene rings is 2. The van der Waals surface area contributed by atoms with Gasteiger partial charge in [-0.1, -0.05) is 66.7 Å². The van der Waals surface area contributed by atoms with E-state index < -0.39 is 12.2 Å². The van der Waals surface area contributed by atoms with Gasteiger partial charge in [0.15, 0.2) is 0 Å². The summed E-state index contributed by atoms with van der Waals surface area (Å²) in [6.07, 6.45) is 2.15. The highest BCUT2D eigenvalue weighted by Gasteiger charge is 2.24. The molecule has 2 aromatic carbocycles. The number of aliphatic imine (C=N–C) groups is 2. The number of pyridine rings is 1. The van der Waals surface area contributed by atoms with Crippen LogP contribution in [0.25, 0.3) is 0 Å². The zero-order valence-corrected chi connectivity index (χ0v) is 24.5. The van der Waals surface area contributed by atoms with Crippen molar-refractivity contribution >= 4 is 24.0 Å². The first-order valence-electron chi connectivity index (χ1n) is 14.9. The summed E-state index contributed by atoms with van der Waals surface area (Å²) in [5, 5.41) is 5.56. The number of hydrogen-bond acceptors (Lipinski definition) is 9. The molecule has 11 heteroatoms. The number of alkyl carbamates (subject to hydrolysis) is 2. The number of amides is 2. The second-order valence-corrected chi connectivity index (χ2v) is 10.5. The first kappa shape index (κ1) is 30.5. The first-order chi connectivity index (χ1) is 21.6. The third-order valence-corrected chi connectivity index (χ3v) is 7.00. The van der Waals surface area contributed by atoms with Gasteiger partial charge in [0, 0.05) is 13.1 Å². The molecule has 2 aliphatic heterocycles. The largest absolute Gasteiger partial charge is 0.474 e. The van der Waals surface area contributed by atoms with Crippen molar-refractivity contribution in [2.75, 3.05) is 26.3 Å². The van der Waals surface area contributed by atoms with E-state index in [1.807, 2.05) is 78.9 Å². The maximum Gasteiger partial charge on any atom is 0.407 e. The zero-order valence-electron chi connectivity index (χ0n) is 24.5. The fraction of sp³-hybridized carbons (Fsp3) is 0.364. The lowest BCUT2D eigenvalue weighted by molar-refractivity contribution is 0.138. The molecule has 1 aromatic heterocycles. The molecule has 0 radical (unpaired) electrons. The van der Waals surface area contributed by atoms with Gasteiger partial charge in [-0.15, -0.1) is 0 Å². The molecule has 0 aliphatic carbocycles. The third-order valence-electron chi connectivity index (χ3n) is 7.00. The van der Waals surface area contributed by atoms with Gasteiger partial charge in [-0.25, -0.2) is 24.6 Å². The Hall–Kier alpha value is -4.93. The molecule has 0 saturated carbocycles. The van der Waals surface area contributed by atoms with E-state index in [0.29, 0.717) is 49.5 Å². The highest BCUT2D eigenvalue weighted by Crippen LogP contribution is 2.18. The predicted molar refractivity (Wildman–Crippen MR) is 165 cm³/mol. The number of aromatic nitrogens is 1. The van der Waals surface area contributed by atoms with Gasteiger partial charge in [-0.05, 0) is 48.9 Å². The Kier molecular flexibility index (Phi) is 11.1. The molecule has 11 nitrogen and oxygen atoms in total. The van der Waals surface area contributed by atoms with Crippen LogP contribution in [0.15, 0.2) is 88.8 Å². The zero-order chi connectivity index (χ0) is 30.4. The molecular weight excluding hydrogens is 562 g/mol. The van der Waals surface area contributed by atoms with Crippen LogP contribution in [0.5, 0.6) is 0 Å². The van der Waals surface area contributed by atoms with Crippen LogP contribution >= 0.6 is 0 Å². The molecule has 0 bridgehead atoms. The Morgan fingerprint density at radius 1 is 0.659 bits per heavy atom. The van der Waals surface area contributed by atoms with Crippen LogP contribution < -0.4 is 10.6 Å². The number of rotatable bonds is 14. The molecule has 0 unspecified atom stereocenters. The van der Waals surface area contributed by atoms with Gasteiger partial charge in [0.05, 0.1) is 12.1 Å². The summed E-state index contributed by atoms with van der Waals surface area (Å²) >= 11 is 0. The number of nitrogens with zero attached hydrogens (tertiary/aromatic N) is 3. The van der Waals surface area contributed by atoms with E-state index in [0.717, 1.165) is 36.8 Å². The van der Waals surface area contributed by atoms with Crippen LogP contribution in [0.4, 0.5) is 9.59 Å². The number of carbonyl (C=O) groups excluding carboxylic acids is 2. The lowest BCUT2D eigenvalue weighted by atomic mass is 10.2. The van der Waals surface area contributed by atoms with E-state index in [1.165, 1.54) is 0 Å². The number of ether oxygens (including phenoxy) is 4. The lowest BCUT2D eigenvalue weighted by Gasteiger charge is -2.08. The SMILES string of the molecule is O=C(NCCC[C@H]1COC(c2cccc(C3=N[C@@H](CCCNC(=O)OCc4ccccc4)CO3)n2)=N1)OCc1ccccc1. The van der Waals surface area contributed by atoms with Gasteiger partial charge in [0.25, 0.3) is 0 Å². The first-order valence-corrected chi connectivity index (χ1v) is 14.9. The minimum Gasteiger partial charge on any atom is -0.474 e. The Bertz CT molecular complexity index is 1330. The van der Waals surface area contributed by atoms with Gasteiger partial charge >= 0.3 is 12.2 Å². The van der Waals surface area contributed by atoms with Crippen molar-refractivity contribution in [1.82, 2.24) is 15.6 Å². The standard InChI is InChI=1S/C33H37N5O6/c39-32(43-20-24-10-3-1-4-11-24)34-18-8-14-26-22-41-30(36-26)28-16-7-17-29(38-28)31-37-27(23-42-31)15-9-19-35-33(40)44-21-25-12-5-2-6-13-25/h1-7,10-13,16-17,26-27H,8-9,14-15,18-23H2,(H,34,39)(H,35,40)/t26-,27-/m0/s1. The van der Waals surface area contributed by atoms with Crippen molar-refractivity contribution in [1.29, 1.82) is 0 Å². The summed E-state index contributed by atoms with van der Waals surface area (Å²) in [5.74, 6) is 0.986. The Morgan fingerprint density at radius 2 is 1.11 bits per heavy atom. The summed E-state index contributed by atoms with van der Waals surface area (Å²) in [5.41, 5.74) is 3.14. The van der Waals surface area contributed by atoms with Crippen molar-refractivity contribution in [3.05, 3.63) is 101 Å². The fourth-order valence-corrected chi connectivity index (χ4v) is 4.68. The van der Waals surface area contributed by atoms with Crippen molar-refractivity contribution in [2.45, 2.75) is 51.0 Å². The van der Waals surface area contributed by atoms with E-state index >= 15 is 0 Å². The average Bonchev–Trinajstić information content (AvgIpc) is 3.75. The second-order valence-electron chi connectivity index (χ2n) is 10.5. The van der Waals surface area contributed by atoms with E-state index in [2.05, 4.69) is 15.6 Å². The highest BCUT2D eigenvalue weighted by molar-refractivity contribution is 5.97. The normalized spacial score (nSPS) is 17.1. The van der Waals surface area contributed by atoms with Crippen molar-refractivity contribution < 1.29 is 28.5 Å². The van der Waals surface area contributed by atoms with Crippen LogP contribution in [-0.2, 0) is 32.2 Å². The second kappa shape index (κ2) is 16.1. The third kappa shape index (κ3) is 9.55. The van der Waals surface area contributed by atoms with Gasteiger partial charge < -0.3 is 29.6 Å². The van der Waals surface area contributed by atoms with Gasteiger partial charge in [-0.3, -0.25) is 0 Å². The van der Waals surface area contributed by atoms with E-state index in [1.54, 1.807) is 0 Å².